The predicted molar refractivity (Wildman–Crippen MR) is 119 cm³/mol. The molecule has 164 valence electrons. The summed E-state index contributed by atoms with van der Waals surface area (Å²) in [7, 11) is 0. The van der Waals surface area contributed by atoms with Crippen LogP contribution in [0, 0.1) is 0 Å². The molecule has 1 fully saturated rings. The van der Waals surface area contributed by atoms with E-state index in [0.29, 0.717) is 18.0 Å². The molecule has 2 aromatic carbocycles. The highest BCUT2D eigenvalue weighted by molar-refractivity contribution is 7.13. The lowest BCUT2D eigenvalue weighted by atomic mass is 10.1. The highest BCUT2D eigenvalue weighted by Gasteiger charge is 2.32. The molecule has 0 amide bonds. The van der Waals surface area contributed by atoms with Crippen LogP contribution >= 0.6 is 11.3 Å². The zero-order valence-corrected chi connectivity index (χ0v) is 17.9. The van der Waals surface area contributed by atoms with E-state index in [1.807, 2.05) is 41.8 Å². The van der Waals surface area contributed by atoms with Crippen molar-refractivity contribution in [3.8, 4) is 10.6 Å². The molecule has 8 heteroatoms. The molecule has 1 aliphatic rings. The van der Waals surface area contributed by atoms with Crippen molar-refractivity contribution >= 4 is 22.1 Å². The Morgan fingerprint density at radius 3 is 2.34 bits per heavy atom. The molecule has 0 saturated heterocycles. The van der Waals surface area contributed by atoms with Crippen LogP contribution in [0.25, 0.3) is 21.3 Å². The predicted octanol–water partition coefficient (Wildman–Crippen LogP) is 5.77. The molecule has 0 spiro atoms. The van der Waals surface area contributed by atoms with Gasteiger partial charge in [0, 0.05) is 18.0 Å². The van der Waals surface area contributed by atoms with E-state index in [-0.39, 0.29) is 12.2 Å². The first kappa shape index (κ1) is 20.9. The number of alkyl halides is 3. The zero-order chi connectivity index (χ0) is 22.3. The minimum atomic E-state index is -4.35. The summed E-state index contributed by atoms with van der Waals surface area (Å²) in [5.41, 5.74) is 0.712. The molecule has 4 aromatic rings. The van der Waals surface area contributed by atoms with Crippen molar-refractivity contribution in [2.45, 2.75) is 38.3 Å². The molecule has 0 aliphatic heterocycles. The fourth-order valence-electron chi connectivity index (χ4n) is 3.87. The monoisotopic (exact) mass is 455 g/mol. The van der Waals surface area contributed by atoms with Gasteiger partial charge in [-0.2, -0.15) is 18.3 Å². The molecule has 1 aliphatic carbocycles. The average molecular weight is 456 g/mol. The van der Waals surface area contributed by atoms with Crippen LogP contribution in [0.3, 0.4) is 0 Å². The summed E-state index contributed by atoms with van der Waals surface area (Å²) < 4.78 is 40.1. The molecule has 0 bridgehead atoms. The van der Waals surface area contributed by atoms with Gasteiger partial charge < -0.3 is 0 Å². The minimum absolute atomic E-state index is 0.168. The summed E-state index contributed by atoms with van der Waals surface area (Å²) in [6.45, 7) is 0.742. The first-order valence-electron chi connectivity index (χ1n) is 10.3. The number of hydrogen-bond donors (Lipinski definition) is 0. The molecule has 2 heterocycles. The van der Waals surface area contributed by atoms with Crippen molar-refractivity contribution in [2.24, 2.45) is 0 Å². The number of halogens is 3. The van der Waals surface area contributed by atoms with Crippen molar-refractivity contribution in [1.82, 2.24) is 14.7 Å². The van der Waals surface area contributed by atoms with Gasteiger partial charge in [0.05, 0.1) is 22.5 Å². The number of benzene rings is 2. The van der Waals surface area contributed by atoms with Crippen LogP contribution in [0.5, 0.6) is 0 Å². The summed E-state index contributed by atoms with van der Waals surface area (Å²) in [5, 5.41) is 8.10. The van der Waals surface area contributed by atoms with E-state index >= 15 is 0 Å². The maximum atomic E-state index is 13.2. The van der Waals surface area contributed by atoms with Crippen LogP contribution < -0.4 is 5.56 Å². The third-order valence-electron chi connectivity index (χ3n) is 5.67. The number of thiophene rings is 1. The van der Waals surface area contributed by atoms with Gasteiger partial charge in [-0.05, 0) is 48.1 Å². The number of hydrogen-bond acceptors (Lipinski definition) is 4. The lowest BCUT2D eigenvalue weighted by molar-refractivity contribution is -0.137. The largest absolute Gasteiger partial charge is 0.416 e. The van der Waals surface area contributed by atoms with E-state index in [4.69, 9.17) is 5.10 Å². The van der Waals surface area contributed by atoms with Gasteiger partial charge in [0.1, 0.15) is 5.69 Å². The maximum Gasteiger partial charge on any atom is 0.416 e. The van der Waals surface area contributed by atoms with E-state index in [1.165, 1.54) is 16.8 Å². The molecule has 2 aromatic heterocycles. The third-order valence-corrected chi connectivity index (χ3v) is 6.54. The van der Waals surface area contributed by atoms with Crippen LogP contribution in [0.2, 0.25) is 0 Å². The van der Waals surface area contributed by atoms with Crippen LogP contribution in [0.4, 0.5) is 13.2 Å². The number of aromatic nitrogens is 2. The van der Waals surface area contributed by atoms with Crippen LogP contribution in [-0.4, -0.2) is 20.7 Å². The van der Waals surface area contributed by atoms with Crippen molar-refractivity contribution in [3.05, 3.63) is 87.5 Å². The Bertz CT molecular complexity index is 1290. The highest BCUT2D eigenvalue weighted by Crippen LogP contribution is 2.32. The van der Waals surface area contributed by atoms with Crippen molar-refractivity contribution in [3.63, 3.8) is 0 Å². The highest BCUT2D eigenvalue weighted by atomic mass is 32.1. The standard InChI is InChI=1S/C24H20F3N3OS/c25-24(26,27)17-9-7-16(8-10-17)14-29(18-11-12-18)15-30-23(31)20-5-2-1-4-19(20)22(28-30)21-6-3-13-32-21/h1-10,13,18H,11-12,14-15H2. The van der Waals surface area contributed by atoms with E-state index in [1.54, 1.807) is 11.3 Å². The second-order valence-corrected chi connectivity index (χ2v) is 8.94. The second kappa shape index (κ2) is 8.18. The Morgan fingerprint density at radius 2 is 1.72 bits per heavy atom. The average Bonchev–Trinajstić information content (AvgIpc) is 3.49. The maximum absolute atomic E-state index is 13.2. The summed E-state index contributed by atoms with van der Waals surface area (Å²) in [6, 6.07) is 16.9. The third kappa shape index (κ3) is 4.20. The Morgan fingerprint density at radius 1 is 1.00 bits per heavy atom. The molecule has 1 saturated carbocycles. The topological polar surface area (TPSA) is 38.1 Å². The van der Waals surface area contributed by atoms with Crippen LogP contribution in [0.1, 0.15) is 24.0 Å². The SMILES string of the molecule is O=c1c2ccccc2c(-c2cccs2)nn1CN(Cc1ccc(C(F)(F)F)cc1)C1CC1. The Hall–Kier alpha value is -2.97. The quantitative estimate of drug-likeness (QED) is 0.371. The second-order valence-electron chi connectivity index (χ2n) is 7.99. The molecule has 0 unspecified atom stereocenters. The van der Waals surface area contributed by atoms with Crippen molar-refractivity contribution in [1.29, 1.82) is 0 Å². The van der Waals surface area contributed by atoms with E-state index < -0.39 is 11.7 Å². The van der Waals surface area contributed by atoms with Crippen molar-refractivity contribution < 1.29 is 13.2 Å². The molecule has 0 radical (unpaired) electrons. The van der Waals surface area contributed by atoms with Gasteiger partial charge in [-0.15, -0.1) is 11.3 Å². The zero-order valence-electron chi connectivity index (χ0n) is 17.0. The molecular formula is C24H20F3N3OS. The van der Waals surface area contributed by atoms with Gasteiger partial charge in [-0.1, -0.05) is 36.4 Å². The molecule has 0 N–H and O–H groups in total. The van der Waals surface area contributed by atoms with E-state index in [9.17, 15) is 18.0 Å². The molecule has 4 nitrogen and oxygen atoms in total. The lowest BCUT2D eigenvalue weighted by Crippen LogP contribution is -2.35. The van der Waals surface area contributed by atoms with Gasteiger partial charge in [-0.3, -0.25) is 9.69 Å². The smallest absolute Gasteiger partial charge is 0.277 e. The molecular weight excluding hydrogens is 435 g/mol. The first-order chi connectivity index (χ1) is 15.4. The Kier molecular flexibility index (Phi) is 5.35. The fraction of sp³-hybridized carbons (Fsp3) is 0.250. The van der Waals surface area contributed by atoms with Crippen molar-refractivity contribution in [2.75, 3.05) is 0 Å². The Labute approximate surface area is 186 Å². The number of rotatable bonds is 6. The van der Waals surface area contributed by atoms with E-state index in [2.05, 4.69) is 4.90 Å². The van der Waals surface area contributed by atoms with Gasteiger partial charge in [0.2, 0.25) is 0 Å². The summed E-state index contributed by atoms with van der Waals surface area (Å²) in [6.07, 6.45) is -2.35. The van der Waals surface area contributed by atoms with E-state index in [0.717, 1.165) is 46.5 Å². The lowest BCUT2D eigenvalue weighted by Gasteiger charge is -2.23. The summed E-state index contributed by atoms with van der Waals surface area (Å²) in [4.78, 5) is 16.3. The van der Waals surface area contributed by atoms with Gasteiger partial charge in [-0.25, -0.2) is 4.68 Å². The minimum Gasteiger partial charge on any atom is -0.277 e. The van der Waals surface area contributed by atoms with Gasteiger partial charge in [0.25, 0.3) is 5.56 Å². The number of nitrogens with zero attached hydrogens (tertiary/aromatic N) is 3. The van der Waals surface area contributed by atoms with Gasteiger partial charge >= 0.3 is 6.18 Å². The fourth-order valence-corrected chi connectivity index (χ4v) is 4.59. The molecule has 5 rings (SSSR count). The Balaban J connectivity index is 1.48. The summed E-state index contributed by atoms with van der Waals surface area (Å²) in [5.74, 6) is 0. The summed E-state index contributed by atoms with van der Waals surface area (Å²) >= 11 is 1.57. The van der Waals surface area contributed by atoms with Crippen LogP contribution in [0.15, 0.2) is 70.8 Å². The van der Waals surface area contributed by atoms with Gasteiger partial charge in [0.15, 0.2) is 0 Å². The normalized spacial score (nSPS) is 14.4. The molecule has 0 atom stereocenters. The number of fused-ring (bicyclic) bond motifs is 1. The van der Waals surface area contributed by atoms with Crippen LogP contribution in [-0.2, 0) is 19.4 Å². The first-order valence-corrected chi connectivity index (χ1v) is 11.2. The molecule has 32 heavy (non-hydrogen) atoms.